The highest BCUT2D eigenvalue weighted by molar-refractivity contribution is 5.93. The number of nitrogens with one attached hydrogen (secondary N) is 1. The highest BCUT2D eigenvalue weighted by Gasteiger charge is 2.21. The Balaban J connectivity index is 1.29. The van der Waals surface area contributed by atoms with E-state index in [9.17, 15) is 9.90 Å². The molecule has 2 aromatic rings. The van der Waals surface area contributed by atoms with Crippen LogP contribution in [0.15, 0.2) is 42.5 Å². The molecule has 2 aromatic carbocycles. The topological polar surface area (TPSA) is 65.0 Å². The van der Waals surface area contributed by atoms with Gasteiger partial charge in [0.2, 0.25) is 5.91 Å². The van der Waals surface area contributed by atoms with Gasteiger partial charge in [0, 0.05) is 44.8 Å². The fourth-order valence-electron chi connectivity index (χ4n) is 4.19. The SMILES string of the molecule is COc1ccccc1N1CCN(CCC(O)c2ccc3c(c2)CCC(=O)N3)CC1. The van der Waals surface area contributed by atoms with Crippen molar-refractivity contribution in [2.45, 2.75) is 25.4 Å². The van der Waals surface area contributed by atoms with E-state index in [-0.39, 0.29) is 5.91 Å². The molecule has 0 radical (unpaired) electrons. The van der Waals surface area contributed by atoms with Gasteiger partial charge in [-0.1, -0.05) is 24.3 Å². The number of aryl methyl sites for hydroxylation is 1. The number of carbonyl (C=O) groups is 1. The molecule has 0 bridgehead atoms. The van der Waals surface area contributed by atoms with Gasteiger partial charge in [-0.2, -0.15) is 0 Å². The van der Waals surface area contributed by atoms with Gasteiger partial charge in [-0.05, 0) is 42.2 Å². The molecule has 1 unspecified atom stereocenters. The first kappa shape index (κ1) is 19.7. The number of benzene rings is 2. The van der Waals surface area contributed by atoms with Crippen LogP contribution in [-0.4, -0.2) is 55.7 Å². The zero-order valence-electron chi connectivity index (χ0n) is 16.9. The largest absolute Gasteiger partial charge is 0.495 e. The zero-order valence-corrected chi connectivity index (χ0v) is 16.9. The molecule has 4 rings (SSSR count). The van der Waals surface area contributed by atoms with E-state index in [0.717, 1.165) is 67.4 Å². The van der Waals surface area contributed by atoms with E-state index < -0.39 is 6.10 Å². The summed E-state index contributed by atoms with van der Waals surface area (Å²) < 4.78 is 5.49. The van der Waals surface area contributed by atoms with Crippen molar-refractivity contribution in [1.82, 2.24) is 4.90 Å². The predicted molar refractivity (Wildman–Crippen MR) is 115 cm³/mol. The van der Waals surface area contributed by atoms with Gasteiger partial charge >= 0.3 is 0 Å². The van der Waals surface area contributed by atoms with Crippen LogP contribution in [0.3, 0.4) is 0 Å². The maximum Gasteiger partial charge on any atom is 0.224 e. The first-order valence-corrected chi connectivity index (χ1v) is 10.3. The average molecular weight is 396 g/mol. The van der Waals surface area contributed by atoms with Crippen molar-refractivity contribution in [3.63, 3.8) is 0 Å². The van der Waals surface area contributed by atoms with Crippen LogP contribution in [0.5, 0.6) is 5.75 Å². The number of anilines is 2. The first-order chi connectivity index (χ1) is 14.1. The van der Waals surface area contributed by atoms with Gasteiger partial charge < -0.3 is 20.1 Å². The van der Waals surface area contributed by atoms with Gasteiger partial charge in [0.05, 0.1) is 18.9 Å². The molecule has 6 nitrogen and oxygen atoms in total. The monoisotopic (exact) mass is 395 g/mol. The predicted octanol–water partition coefficient (Wildman–Crippen LogP) is 2.83. The third kappa shape index (κ3) is 4.54. The highest BCUT2D eigenvalue weighted by Crippen LogP contribution is 2.29. The fraction of sp³-hybridized carbons (Fsp3) is 0.435. The standard InChI is InChI=1S/C23H29N3O3/c1-29-22-5-3-2-4-20(22)26-14-12-25(13-15-26)11-10-21(27)18-6-8-19-17(16-18)7-9-23(28)24-19/h2-6,8,16,21,27H,7,9-15H2,1H3,(H,24,28). The lowest BCUT2D eigenvalue weighted by molar-refractivity contribution is -0.116. The Morgan fingerprint density at radius 2 is 1.90 bits per heavy atom. The number of carbonyl (C=O) groups excluding carboxylic acids is 1. The van der Waals surface area contributed by atoms with E-state index in [1.165, 1.54) is 0 Å². The maximum atomic E-state index is 11.5. The average Bonchev–Trinajstić information content (AvgIpc) is 2.77. The number of hydrogen-bond donors (Lipinski definition) is 2. The highest BCUT2D eigenvalue weighted by atomic mass is 16.5. The number of aliphatic hydroxyl groups is 1. The number of fused-ring (bicyclic) bond motifs is 1. The number of amides is 1. The molecule has 154 valence electrons. The van der Waals surface area contributed by atoms with Crippen LogP contribution in [0.1, 0.15) is 30.1 Å². The third-order valence-corrected chi connectivity index (χ3v) is 5.93. The summed E-state index contributed by atoms with van der Waals surface area (Å²) in [6.07, 6.45) is 1.49. The molecule has 0 saturated carbocycles. The minimum Gasteiger partial charge on any atom is -0.495 e. The van der Waals surface area contributed by atoms with Crippen molar-refractivity contribution >= 4 is 17.3 Å². The van der Waals surface area contributed by atoms with Gasteiger partial charge in [-0.3, -0.25) is 9.69 Å². The Morgan fingerprint density at radius 1 is 1.10 bits per heavy atom. The molecule has 2 heterocycles. The van der Waals surface area contributed by atoms with Gasteiger partial charge in [0.1, 0.15) is 5.75 Å². The van der Waals surface area contributed by atoms with Gasteiger partial charge in [-0.25, -0.2) is 0 Å². The molecule has 0 spiro atoms. The molecular weight excluding hydrogens is 366 g/mol. The Bertz CT molecular complexity index is 862. The Kier molecular flexibility index (Phi) is 6.02. The summed E-state index contributed by atoms with van der Waals surface area (Å²) in [5.41, 5.74) is 4.08. The lowest BCUT2D eigenvalue weighted by Gasteiger charge is -2.37. The summed E-state index contributed by atoms with van der Waals surface area (Å²) in [6.45, 7) is 4.72. The summed E-state index contributed by atoms with van der Waals surface area (Å²) in [5, 5.41) is 13.6. The maximum absolute atomic E-state index is 11.5. The van der Waals surface area contributed by atoms with E-state index >= 15 is 0 Å². The second kappa shape index (κ2) is 8.84. The minimum atomic E-state index is -0.481. The van der Waals surface area contributed by atoms with E-state index in [4.69, 9.17) is 4.74 Å². The van der Waals surface area contributed by atoms with Crippen molar-refractivity contribution in [2.24, 2.45) is 0 Å². The molecule has 2 aliphatic heterocycles. The second-order valence-corrected chi connectivity index (χ2v) is 7.77. The lowest BCUT2D eigenvalue weighted by atomic mass is 9.97. The Hall–Kier alpha value is -2.57. The Labute approximate surface area is 172 Å². The normalized spacial score (nSPS) is 18.1. The van der Waals surface area contributed by atoms with E-state index in [2.05, 4.69) is 21.2 Å². The van der Waals surface area contributed by atoms with Crippen LogP contribution in [0.2, 0.25) is 0 Å². The molecule has 1 atom stereocenters. The molecular formula is C23H29N3O3. The van der Waals surface area contributed by atoms with Gasteiger partial charge in [0.15, 0.2) is 0 Å². The molecule has 2 N–H and O–H groups in total. The number of nitrogens with zero attached hydrogens (tertiary/aromatic N) is 2. The molecule has 1 saturated heterocycles. The number of aliphatic hydroxyl groups excluding tert-OH is 1. The smallest absolute Gasteiger partial charge is 0.224 e. The summed E-state index contributed by atoms with van der Waals surface area (Å²) in [5.74, 6) is 0.984. The summed E-state index contributed by atoms with van der Waals surface area (Å²) in [4.78, 5) is 16.3. The van der Waals surface area contributed by atoms with E-state index in [1.54, 1.807) is 7.11 Å². The molecule has 29 heavy (non-hydrogen) atoms. The van der Waals surface area contributed by atoms with Crippen LogP contribution < -0.4 is 15.0 Å². The van der Waals surface area contributed by atoms with E-state index in [0.29, 0.717) is 12.8 Å². The second-order valence-electron chi connectivity index (χ2n) is 7.77. The minimum absolute atomic E-state index is 0.0677. The van der Waals surface area contributed by atoms with Crippen LogP contribution in [0.4, 0.5) is 11.4 Å². The van der Waals surface area contributed by atoms with E-state index in [1.807, 2.05) is 36.4 Å². The number of hydrogen-bond acceptors (Lipinski definition) is 5. The van der Waals surface area contributed by atoms with Crippen LogP contribution >= 0.6 is 0 Å². The Morgan fingerprint density at radius 3 is 2.69 bits per heavy atom. The van der Waals surface area contributed by atoms with Crippen LogP contribution in [0.25, 0.3) is 0 Å². The quantitative estimate of drug-likeness (QED) is 0.787. The number of piperazine rings is 1. The molecule has 0 aliphatic carbocycles. The summed E-state index contributed by atoms with van der Waals surface area (Å²) >= 11 is 0. The van der Waals surface area contributed by atoms with Crippen molar-refractivity contribution in [3.05, 3.63) is 53.6 Å². The molecule has 1 amide bonds. The fourth-order valence-corrected chi connectivity index (χ4v) is 4.19. The van der Waals surface area contributed by atoms with Crippen molar-refractivity contribution in [3.8, 4) is 5.75 Å². The van der Waals surface area contributed by atoms with Gasteiger partial charge in [-0.15, -0.1) is 0 Å². The van der Waals surface area contributed by atoms with Crippen molar-refractivity contribution in [2.75, 3.05) is 50.1 Å². The first-order valence-electron chi connectivity index (χ1n) is 10.3. The van der Waals surface area contributed by atoms with Crippen molar-refractivity contribution < 1.29 is 14.6 Å². The number of rotatable bonds is 6. The molecule has 0 aromatic heterocycles. The number of methoxy groups -OCH3 is 1. The third-order valence-electron chi connectivity index (χ3n) is 5.93. The summed E-state index contributed by atoms with van der Waals surface area (Å²) in [7, 11) is 1.71. The molecule has 1 fully saturated rings. The van der Waals surface area contributed by atoms with Crippen LogP contribution in [-0.2, 0) is 11.2 Å². The number of ether oxygens (including phenoxy) is 1. The zero-order chi connectivity index (χ0) is 20.2. The number of para-hydroxylation sites is 2. The lowest BCUT2D eigenvalue weighted by Crippen LogP contribution is -2.46. The molecule has 6 heteroatoms. The van der Waals surface area contributed by atoms with Gasteiger partial charge in [0.25, 0.3) is 0 Å². The molecule has 2 aliphatic rings. The van der Waals surface area contributed by atoms with Crippen LogP contribution in [0, 0.1) is 0 Å². The van der Waals surface area contributed by atoms with Crippen molar-refractivity contribution in [1.29, 1.82) is 0 Å². The summed E-state index contributed by atoms with van der Waals surface area (Å²) in [6, 6.07) is 14.0.